The lowest BCUT2D eigenvalue weighted by Gasteiger charge is -2.19. The fourth-order valence-electron chi connectivity index (χ4n) is 4.33. The number of hydrogen-bond donors (Lipinski definition) is 0. The summed E-state index contributed by atoms with van der Waals surface area (Å²) in [6.45, 7) is 3.42. The molecular weight excluding hydrogens is 386 g/mol. The number of pyridine rings is 1. The first-order valence-electron chi connectivity index (χ1n) is 10.1. The molecule has 4 rings (SSSR count). The molecular formula is C22H27N3O3S. The number of carbonyl (C=O) groups is 1. The minimum absolute atomic E-state index is 0.0854. The molecule has 0 bridgehead atoms. The molecule has 7 heteroatoms. The van der Waals surface area contributed by atoms with Crippen LogP contribution >= 0.6 is 0 Å². The highest BCUT2D eigenvalue weighted by Gasteiger charge is 2.62. The second-order valence-electron chi connectivity index (χ2n) is 8.22. The minimum atomic E-state index is -3.51. The summed E-state index contributed by atoms with van der Waals surface area (Å²) in [5, 5.41) is 0. The van der Waals surface area contributed by atoms with E-state index >= 15 is 0 Å². The lowest BCUT2D eigenvalue weighted by atomic mass is 10.0. The van der Waals surface area contributed by atoms with E-state index in [1.54, 1.807) is 34.6 Å². The maximum absolute atomic E-state index is 13.0. The van der Waals surface area contributed by atoms with Gasteiger partial charge in [0.15, 0.2) is 0 Å². The van der Waals surface area contributed by atoms with E-state index in [9.17, 15) is 13.2 Å². The summed E-state index contributed by atoms with van der Waals surface area (Å²) in [5.41, 5.74) is 1.76. The van der Waals surface area contributed by atoms with Gasteiger partial charge in [-0.15, -0.1) is 0 Å². The van der Waals surface area contributed by atoms with Gasteiger partial charge in [-0.25, -0.2) is 8.42 Å². The predicted octanol–water partition coefficient (Wildman–Crippen LogP) is 2.70. The summed E-state index contributed by atoms with van der Waals surface area (Å²) in [6.07, 6.45) is 4.11. The molecule has 1 spiro atoms. The van der Waals surface area contributed by atoms with Crippen molar-refractivity contribution in [3.05, 3.63) is 59.9 Å². The van der Waals surface area contributed by atoms with Crippen LogP contribution in [0.15, 0.2) is 53.6 Å². The Morgan fingerprint density at radius 1 is 1.24 bits per heavy atom. The van der Waals surface area contributed by atoms with Gasteiger partial charge in [0.2, 0.25) is 15.9 Å². The number of nitrogens with zero attached hydrogens (tertiary/aromatic N) is 3. The maximum Gasteiger partial charge on any atom is 0.243 e. The first kappa shape index (κ1) is 20.0. The number of rotatable bonds is 6. The number of hydrogen-bond acceptors (Lipinski definition) is 4. The van der Waals surface area contributed by atoms with Gasteiger partial charge < -0.3 is 4.90 Å². The maximum atomic E-state index is 13.0. The van der Waals surface area contributed by atoms with E-state index in [1.807, 2.05) is 37.3 Å². The standard InChI is InChI=1S/C22H27N3O3S/c1-3-17-7-9-19(10-8-17)29(27,28)25-13-11-22(16-25)14-20(22)21(26)24(2)15-18-6-4-5-12-23-18/h4-10,12,20H,3,11,13-16H2,1-2H3/t20-,22+/m1/s1. The smallest absolute Gasteiger partial charge is 0.243 e. The monoisotopic (exact) mass is 413 g/mol. The second kappa shape index (κ2) is 7.54. The Kier molecular flexibility index (Phi) is 5.21. The third-order valence-corrected chi connectivity index (χ3v) is 8.17. The number of carbonyl (C=O) groups excluding carboxylic acids is 1. The van der Waals surface area contributed by atoms with Crippen LogP contribution < -0.4 is 0 Å². The molecule has 2 atom stereocenters. The largest absolute Gasteiger partial charge is 0.340 e. The van der Waals surface area contributed by atoms with Crippen molar-refractivity contribution in [2.45, 2.75) is 37.6 Å². The van der Waals surface area contributed by atoms with Crippen LogP contribution in [0.3, 0.4) is 0 Å². The van der Waals surface area contributed by atoms with E-state index in [-0.39, 0.29) is 17.2 Å². The van der Waals surface area contributed by atoms with E-state index < -0.39 is 10.0 Å². The summed E-state index contributed by atoms with van der Waals surface area (Å²) in [6, 6.07) is 12.8. The van der Waals surface area contributed by atoms with Gasteiger partial charge in [0.1, 0.15) is 0 Å². The van der Waals surface area contributed by atoms with Gasteiger partial charge in [0.25, 0.3) is 0 Å². The molecule has 1 aliphatic heterocycles. The Balaban J connectivity index is 1.41. The van der Waals surface area contributed by atoms with E-state index in [1.165, 1.54) is 0 Å². The molecule has 1 aromatic carbocycles. The van der Waals surface area contributed by atoms with E-state index in [0.29, 0.717) is 24.5 Å². The second-order valence-corrected chi connectivity index (χ2v) is 10.2. The van der Waals surface area contributed by atoms with E-state index in [4.69, 9.17) is 0 Å². The zero-order chi connectivity index (χ0) is 20.6. The molecule has 1 aromatic heterocycles. The first-order chi connectivity index (χ1) is 13.9. The summed E-state index contributed by atoms with van der Waals surface area (Å²) >= 11 is 0. The SMILES string of the molecule is CCc1ccc(S(=O)(=O)N2CC[C@]3(C[C@@H]3C(=O)N(C)Cc3ccccn3)C2)cc1. The van der Waals surface area contributed by atoms with Crippen molar-refractivity contribution < 1.29 is 13.2 Å². The summed E-state index contributed by atoms with van der Waals surface area (Å²) in [7, 11) is -1.72. The van der Waals surface area contributed by atoms with E-state index in [0.717, 1.165) is 30.5 Å². The summed E-state index contributed by atoms with van der Waals surface area (Å²) in [4.78, 5) is 19.2. The summed E-state index contributed by atoms with van der Waals surface area (Å²) < 4.78 is 27.6. The lowest BCUT2D eigenvalue weighted by Crippen LogP contribution is -2.32. The molecule has 2 heterocycles. The molecule has 1 aliphatic carbocycles. The molecule has 1 saturated carbocycles. The third-order valence-electron chi connectivity index (χ3n) is 6.31. The molecule has 1 amide bonds. The van der Waals surface area contributed by atoms with Gasteiger partial charge in [-0.2, -0.15) is 4.31 Å². The Bertz CT molecular complexity index is 992. The first-order valence-corrected chi connectivity index (χ1v) is 11.5. The molecule has 2 aliphatic rings. The highest BCUT2D eigenvalue weighted by molar-refractivity contribution is 7.89. The molecule has 1 saturated heterocycles. The predicted molar refractivity (Wildman–Crippen MR) is 110 cm³/mol. The van der Waals surface area contributed by atoms with Crippen molar-refractivity contribution in [2.24, 2.45) is 11.3 Å². The van der Waals surface area contributed by atoms with Crippen molar-refractivity contribution in [3.63, 3.8) is 0 Å². The zero-order valence-corrected chi connectivity index (χ0v) is 17.7. The van der Waals surface area contributed by atoms with Crippen LogP contribution in [0, 0.1) is 11.3 Å². The third kappa shape index (κ3) is 3.81. The van der Waals surface area contributed by atoms with Gasteiger partial charge in [0, 0.05) is 32.3 Å². The van der Waals surface area contributed by atoms with Crippen LogP contribution in [0.1, 0.15) is 31.0 Å². The highest BCUT2D eigenvalue weighted by Crippen LogP contribution is 2.59. The van der Waals surface area contributed by atoms with Gasteiger partial charge in [-0.05, 0) is 54.5 Å². The van der Waals surface area contributed by atoms with Crippen LogP contribution in [0.4, 0.5) is 0 Å². The average molecular weight is 414 g/mol. The number of amides is 1. The molecule has 154 valence electrons. The fourth-order valence-corrected chi connectivity index (χ4v) is 5.87. The van der Waals surface area contributed by atoms with Crippen molar-refractivity contribution in [2.75, 3.05) is 20.1 Å². The van der Waals surface area contributed by atoms with Crippen LogP contribution in [0.25, 0.3) is 0 Å². The van der Waals surface area contributed by atoms with Crippen LogP contribution in [0.2, 0.25) is 0 Å². The van der Waals surface area contributed by atoms with Gasteiger partial charge in [-0.1, -0.05) is 25.1 Å². The summed E-state index contributed by atoms with van der Waals surface area (Å²) in [5.74, 6) is -0.0129. The van der Waals surface area contributed by atoms with Crippen molar-refractivity contribution >= 4 is 15.9 Å². The lowest BCUT2D eigenvalue weighted by molar-refractivity contribution is -0.132. The molecule has 0 N–H and O–H groups in total. The van der Waals surface area contributed by atoms with Crippen LogP contribution in [0.5, 0.6) is 0 Å². The van der Waals surface area contributed by atoms with E-state index in [2.05, 4.69) is 4.98 Å². The van der Waals surface area contributed by atoms with Crippen LogP contribution in [-0.2, 0) is 27.8 Å². The van der Waals surface area contributed by atoms with Crippen LogP contribution in [-0.4, -0.2) is 48.7 Å². The zero-order valence-electron chi connectivity index (χ0n) is 16.9. The number of aromatic nitrogens is 1. The highest BCUT2D eigenvalue weighted by atomic mass is 32.2. The average Bonchev–Trinajstić information content (AvgIpc) is 3.26. The van der Waals surface area contributed by atoms with Gasteiger partial charge in [0.05, 0.1) is 17.1 Å². The fraction of sp³-hybridized carbons (Fsp3) is 0.455. The molecule has 29 heavy (non-hydrogen) atoms. The van der Waals surface area contributed by atoms with Gasteiger partial charge in [-0.3, -0.25) is 9.78 Å². The Morgan fingerprint density at radius 2 is 2.00 bits per heavy atom. The normalized spacial score (nSPS) is 24.0. The molecule has 0 unspecified atom stereocenters. The number of benzene rings is 1. The van der Waals surface area contributed by atoms with Gasteiger partial charge >= 0.3 is 0 Å². The number of aryl methyl sites for hydroxylation is 1. The minimum Gasteiger partial charge on any atom is -0.340 e. The molecule has 0 radical (unpaired) electrons. The molecule has 6 nitrogen and oxygen atoms in total. The number of sulfonamides is 1. The Morgan fingerprint density at radius 3 is 2.66 bits per heavy atom. The molecule has 2 fully saturated rings. The topological polar surface area (TPSA) is 70.6 Å². The van der Waals surface area contributed by atoms with Crippen molar-refractivity contribution in [1.29, 1.82) is 0 Å². The quantitative estimate of drug-likeness (QED) is 0.730. The van der Waals surface area contributed by atoms with Crippen molar-refractivity contribution in [3.8, 4) is 0 Å². The van der Waals surface area contributed by atoms with Crippen molar-refractivity contribution in [1.82, 2.24) is 14.2 Å². The Labute approximate surface area is 172 Å². The molecule has 2 aromatic rings. The Hall–Kier alpha value is -2.25.